The fourth-order valence-electron chi connectivity index (χ4n) is 0.600. The summed E-state index contributed by atoms with van der Waals surface area (Å²) in [6, 6.07) is 0. The summed E-state index contributed by atoms with van der Waals surface area (Å²) in [6.45, 7) is 0. The van der Waals surface area contributed by atoms with Crippen molar-refractivity contribution >= 4 is 23.6 Å². The summed E-state index contributed by atoms with van der Waals surface area (Å²) < 4.78 is 0. The maximum absolute atomic E-state index is 10.8. The largest absolute Gasteiger partial charge is 0.481 e. The quantitative estimate of drug-likeness (QED) is 0.583. The van der Waals surface area contributed by atoms with E-state index in [1.165, 1.54) is 18.8 Å². The zero-order valence-corrected chi connectivity index (χ0v) is 7.27. The molecule has 0 aliphatic rings. The summed E-state index contributed by atoms with van der Waals surface area (Å²) in [4.78, 5) is 21.3. The monoisotopic (exact) mass is 177 g/mol. The first-order valence-corrected chi connectivity index (χ1v) is 4.46. The Kier molecular flexibility index (Phi) is 4.69. The van der Waals surface area contributed by atoms with Crippen LogP contribution in [-0.2, 0) is 9.59 Å². The van der Waals surface area contributed by atoms with Gasteiger partial charge in [-0.2, -0.15) is 11.8 Å². The van der Waals surface area contributed by atoms with Gasteiger partial charge in [0.25, 0.3) is 0 Å². The highest BCUT2D eigenvalue weighted by Gasteiger charge is 2.23. The Morgan fingerprint density at radius 2 is 2.18 bits per heavy atom. The Balaban J connectivity index is 4.09. The molecule has 0 aromatic rings. The third-order valence-electron chi connectivity index (χ3n) is 1.19. The van der Waals surface area contributed by atoms with E-state index in [0.29, 0.717) is 5.75 Å². The van der Waals surface area contributed by atoms with Gasteiger partial charge in [0.1, 0.15) is 5.92 Å². The molecule has 0 aromatic heterocycles. The van der Waals surface area contributed by atoms with Gasteiger partial charge in [0, 0.05) is 12.8 Å². The Labute approximate surface area is 69.4 Å². The average molecular weight is 177 g/mol. The van der Waals surface area contributed by atoms with Gasteiger partial charge in [-0.3, -0.25) is 9.59 Å². The van der Waals surface area contributed by atoms with Crippen molar-refractivity contribution in [3.63, 3.8) is 0 Å². The molecule has 0 saturated heterocycles. The van der Waals surface area contributed by atoms with Gasteiger partial charge in [-0.1, -0.05) is 0 Å². The van der Waals surface area contributed by atoms with Crippen LogP contribution < -0.4 is 5.32 Å². The summed E-state index contributed by atoms with van der Waals surface area (Å²) in [6.07, 6.45) is 1.76. The zero-order chi connectivity index (χ0) is 8.85. The van der Waals surface area contributed by atoms with Crippen molar-refractivity contribution in [2.24, 2.45) is 5.92 Å². The van der Waals surface area contributed by atoms with Crippen LogP contribution >= 0.6 is 11.8 Å². The van der Waals surface area contributed by atoms with Crippen LogP contribution in [0.1, 0.15) is 0 Å². The zero-order valence-electron chi connectivity index (χ0n) is 6.46. The Hall–Kier alpha value is -0.710. The van der Waals surface area contributed by atoms with Gasteiger partial charge in [0.15, 0.2) is 0 Å². The molecule has 5 heteroatoms. The molecule has 4 nitrogen and oxygen atoms in total. The number of thioether (sulfide) groups is 1. The van der Waals surface area contributed by atoms with Crippen LogP contribution in [0.2, 0.25) is 0 Å². The molecule has 0 fully saturated rings. The third kappa shape index (κ3) is 3.27. The molecular formula is C6H11NO3S. The van der Waals surface area contributed by atoms with Crippen molar-refractivity contribution < 1.29 is 14.7 Å². The van der Waals surface area contributed by atoms with E-state index in [0.717, 1.165) is 0 Å². The van der Waals surface area contributed by atoms with E-state index in [2.05, 4.69) is 5.32 Å². The van der Waals surface area contributed by atoms with E-state index < -0.39 is 17.8 Å². The lowest BCUT2D eigenvalue weighted by molar-refractivity contribution is -0.145. The van der Waals surface area contributed by atoms with Gasteiger partial charge >= 0.3 is 5.97 Å². The van der Waals surface area contributed by atoms with Crippen LogP contribution in [-0.4, -0.2) is 36.0 Å². The molecule has 0 aliphatic heterocycles. The molecule has 11 heavy (non-hydrogen) atoms. The van der Waals surface area contributed by atoms with Crippen molar-refractivity contribution in [2.45, 2.75) is 0 Å². The second kappa shape index (κ2) is 5.01. The molecule has 0 heterocycles. The molecule has 1 atom stereocenters. The Morgan fingerprint density at radius 3 is 2.45 bits per heavy atom. The number of hydrogen-bond donors (Lipinski definition) is 2. The number of carbonyl (C=O) groups excluding carboxylic acids is 1. The second-order valence-electron chi connectivity index (χ2n) is 1.96. The van der Waals surface area contributed by atoms with E-state index in [9.17, 15) is 9.59 Å². The SMILES string of the molecule is CNC(=O)C(CSC)C(=O)O. The molecule has 1 unspecified atom stereocenters. The van der Waals surface area contributed by atoms with E-state index in [1.807, 2.05) is 0 Å². The highest BCUT2D eigenvalue weighted by molar-refractivity contribution is 7.98. The van der Waals surface area contributed by atoms with Gasteiger partial charge in [-0.05, 0) is 6.26 Å². The lowest BCUT2D eigenvalue weighted by atomic mass is 10.2. The van der Waals surface area contributed by atoms with Crippen LogP contribution in [0.4, 0.5) is 0 Å². The summed E-state index contributed by atoms with van der Waals surface area (Å²) in [5.41, 5.74) is 0. The lowest BCUT2D eigenvalue weighted by Gasteiger charge is -2.07. The number of hydrogen-bond acceptors (Lipinski definition) is 3. The second-order valence-corrected chi connectivity index (χ2v) is 2.87. The molecule has 0 saturated carbocycles. The normalized spacial score (nSPS) is 12.2. The topological polar surface area (TPSA) is 66.4 Å². The van der Waals surface area contributed by atoms with Crippen molar-refractivity contribution in [2.75, 3.05) is 19.1 Å². The predicted molar refractivity (Wildman–Crippen MR) is 43.6 cm³/mol. The molecule has 64 valence electrons. The summed E-state index contributed by atoms with van der Waals surface area (Å²) >= 11 is 1.34. The van der Waals surface area contributed by atoms with E-state index in [4.69, 9.17) is 5.11 Å². The van der Waals surface area contributed by atoms with E-state index in [1.54, 1.807) is 6.26 Å². The number of carbonyl (C=O) groups is 2. The van der Waals surface area contributed by atoms with E-state index in [-0.39, 0.29) is 0 Å². The summed E-state index contributed by atoms with van der Waals surface area (Å²) in [5, 5.41) is 10.8. The molecule has 0 rings (SSSR count). The molecule has 2 N–H and O–H groups in total. The average Bonchev–Trinajstić information content (AvgIpc) is 1.98. The first-order valence-electron chi connectivity index (χ1n) is 3.06. The molecule has 0 radical (unpaired) electrons. The minimum Gasteiger partial charge on any atom is -0.481 e. The minimum absolute atomic E-state index is 0.314. The summed E-state index contributed by atoms with van der Waals surface area (Å²) in [5.74, 6) is -2.12. The maximum Gasteiger partial charge on any atom is 0.316 e. The van der Waals surface area contributed by atoms with Crippen LogP contribution in [0.25, 0.3) is 0 Å². The Morgan fingerprint density at radius 1 is 1.64 bits per heavy atom. The van der Waals surface area contributed by atoms with Crippen molar-refractivity contribution in [1.82, 2.24) is 5.32 Å². The van der Waals surface area contributed by atoms with E-state index >= 15 is 0 Å². The smallest absolute Gasteiger partial charge is 0.316 e. The maximum atomic E-state index is 10.8. The highest BCUT2D eigenvalue weighted by Crippen LogP contribution is 2.05. The Bertz CT molecular complexity index is 160. The number of aliphatic carboxylic acids is 1. The van der Waals surface area contributed by atoms with Gasteiger partial charge in [0.05, 0.1) is 0 Å². The van der Waals surface area contributed by atoms with Crippen molar-refractivity contribution in [3.05, 3.63) is 0 Å². The standard InChI is InChI=1S/C6H11NO3S/c1-7-5(8)4(3-11-2)6(9)10/h4H,3H2,1-2H3,(H,7,8)(H,9,10). The molecule has 0 spiro atoms. The summed E-state index contributed by atoms with van der Waals surface area (Å²) in [7, 11) is 1.43. The predicted octanol–water partition coefficient (Wildman–Crippen LogP) is -0.204. The van der Waals surface area contributed by atoms with Crippen molar-refractivity contribution in [1.29, 1.82) is 0 Å². The number of nitrogens with one attached hydrogen (secondary N) is 1. The molecular weight excluding hydrogens is 166 g/mol. The lowest BCUT2D eigenvalue weighted by Crippen LogP contribution is -2.34. The molecule has 1 amide bonds. The number of rotatable bonds is 4. The number of amides is 1. The number of carboxylic acid groups (broad SMARTS) is 1. The minimum atomic E-state index is -1.07. The fourth-order valence-corrected chi connectivity index (χ4v) is 1.23. The van der Waals surface area contributed by atoms with Gasteiger partial charge in [0.2, 0.25) is 5.91 Å². The van der Waals surface area contributed by atoms with Gasteiger partial charge in [-0.25, -0.2) is 0 Å². The van der Waals surface area contributed by atoms with Gasteiger partial charge in [-0.15, -0.1) is 0 Å². The first-order chi connectivity index (χ1) is 5.13. The van der Waals surface area contributed by atoms with Crippen LogP contribution in [0.15, 0.2) is 0 Å². The van der Waals surface area contributed by atoms with Crippen molar-refractivity contribution in [3.8, 4) is 0 Å². The highest BCUT2D eigenvalue weighted by atomic mass is 32.2. The van der Waals surface area contributed by atoms with Crippen LogP contribution in [0, 0.1) is 5.92 Å². The molecule has 0 bridgehead atoms. The molecule has 0 aliphatic carbocycles. The molecule has 0 aromatic carbocycles. The number of carboxylic acids is 1. The first kappa shape index (κ1) is 10.3. The van der Waals surface area contributed by atoms with Crippen LogP contribution in [0.3, 0.4) is 0 Å². The fraction of sp³-hybridized carbons (Fsp3) is 0.667. The van der Waals surface area contributed by atoms with Crippen LogP contribution in [0.5, 0.6) is 0 Å². The third-order valence-corrected chi connectivity index (χ3v) is 1.86. The van der Waals surface area contributed by atoms with Gasteiger partial charge < -0.3 is 10.4 Å².